The molecule has 0 atom stereocenters. The molecule has 0 aliphatic rings. The number of rotatable bonds is 8. The molecule has 0 saturated heterocycles. The molecule has 1 aromatic heterocycles. The number of halogens is 1. The molecule has 0 spiro atoms. The van der Waals surface area contributed by atoms with Gasteiger partial charge in [0, 0.05) is 35.6 Å². The third kappa shape index (κ3) is 6.49. The lowest BCUT2D eigenvalue weighted by atomic mass is 10.3. The molecule has 0 bridgehead atoms. The second-order valence-electron chi connectivity index (χ2n) is 5.05. The Morgan fingerprint density at radius 2 is 2.00 bits per heavy atom. The zero-order valence-corrected chi connectivity index (χ0v) is 16.4. The summed E-state index contributed by atoms with van der Waals surface area (Å²) in [6, 6.07) is 7.81. The highest BCUT2D eigenvalue weighted by molar-refractivity contribution is 9.10. The molecule has 7 heteroatoms. The Labute approximate surface area is 155 Å². The fourth-order valence-corrected chi connectivity index (χ4v) is 3.13. The van der Waals surface area contributed by atoms with E-state index in [1.807, 2.05) is 30.5 Å². The molecule has 0 fully saturated rings. The van der Waals surface area contributed by atoms with Crippen LogP contribution in [0.2, 0.25) is 0 Å². The number of benzene rings is 1. The van der Waals surface area contributed by atoms with E-state index in [1.165, 1.54) is 4.88 Å². The molecule has 0 radical (unpaired) electrons. The molecule has 2 aromatic rings. The van der Waals surface area contributed by atoms with Gasteiger partial charge in [0.1, 0.15) is 12.4 Å². The van der Waals surface area contributed by atoms with E-state index < -0.39 is 0 Å². The van der Waals surface area contributed by atoms with Gasteiger partial charge in [0.15, 0.2) is 5.96 Å². The fourth-order valence-electron chi connectivity index (χ4n) is 2.00. The van der Waals surface area contributed by atoms with Crippen LogP contribution < -0.4 is 15.4 Å². The molecule has 0 amide bonds. The normalized spacial score (nSPS) is 11.4. The van der Waals surface area contributed by atoms with Gasteiger partial charge in [-0.05, 0) is 30.7 Å². The Hall–Kier alpha value is -1.60. The number of hydrogen-bond acceptors (Lipinski definition) is 4. The number of thiazole rings is 1. The lowest BCUT2D eigenvalue weighted by molar-refractivity contribution is 0.322. The van der Waals surface area contributed by atoms with Crippen LogP contribution in [0.4, 0.5) is 0 Å². The molecule has 24 heavy (non-hydrogen) atoms. The summed E-state index contributed by atoms with van der Waals surface area (Å²) < 4.78 is 6.72. The van der Waals surface area contributed by atoms with Gasteiger partial charge in [0.25, 0.3) is 0 Å². The Bertz CT molecular complexity index is 642. The van der Waals surface area contributed by atoms with Crippen LogP contribution >= 0.6 is 27.3 Å². The van der Waals surface area contributed by atoms with Gasteiger partial charge < -0.3 is 15.4 Å². The molecule has 0 saturated carbocycles. The highest BCUT2D eigenvalue weighted by Gasteiger charge is 2.02. The number of nitrogens with one attached hydrogen (secondary N) is 2. The lowest BCUT2D eigenvalue weighted by Crippen LogP contribution is -2.40. The first-order valence-corrected chi connectivity index (χ1v) is 9.58. The zero-order valence-electron chi connectivity index (χ0n) is 14.0. The molecule has 1 heterocycles. The van der Waals surface area contributed by atoms with E-state index in [0.717, 1.165) is 40.6 Å². The second-order valence-corrected chi connectivity index (χ2v) is 7.17. The third-order valence-corrected chi connectivity index (χ3v) is 5.01. The van der Waals surface area contributed by atoms with Gasteiger partial charge in [-0.2, -0.15) is 0 Å². The number of hydrogen-bond donors (Lipinski definition) is 2. The molecule has 0 aliphatic carbocycles. The van der Waals surface area contributed by atoms with E-state index in [4.69, 9.17) is 4.74 Å². The Morgan fingerprint density at radius 1 is 1.25 bits per heavy atom. The van der Waals surface area contributed by atoms with Gasteiger partial charge in [0.2, 0.25) is 0 Å². The van der Waals surface area contributed by atoms with E-state index in [2.05, 4.69) is 43.5 Å². The van der Waals surface area contributed by atoms with Gasteiger partial charge >= 0.3 is 0 Å². The maximum absolute atomic E-state index is 5.67. The molecule has 1 aromatic carbocycles. The second kappa shape index (κ2) is 10.3. The van der Waals surface area contributed by atoms with Gasteiger partial charge in [-0.1, -0.05) is 22.9 Å². The topological polar surface area (TPSA) is 58.5 Å². The first-order chi connectivity index (χ1) is 11.7. The summed E-state index contributed by atoms with van der Waals surface area (Å²) in [5, 5.41) is 7.70. The monoisotopic (exact) mass is 410 g/mol. The molecule has 130 valence electrons. The Balaban J connectivity index is 1.62. The van der Waals surface area contributed by atoms with Gasteiger partial charge in [-0.25, -0.2) is 4.98 Å². The first-order valence-electron chi connectivity index (χ1n) is 7.97. The highest BCUT2D eigenvalue weighted by atomic mass is 79.9. The first kappa shape index (κ1) is 18.7. The van der Waals surface area contributed by atoms with Crippen molar-refractivity contribution in [1.29, 1.82) is 0 Å². The summed E-state index contributed by atoms with van der Waals surface area (Å²) in [6.07, 6.45) is 3.92. The number of aromatic nitrogens is 1. The maximum atomic E-state index is 5.67. The summed E-state index contributed by atoms with van der Waals surface area (Å²) >= 11 is 5.18. The van der Waals surface area contributed by atoms with Crippen LogP contribution in [-0.4, -0.2) is 37.7 Å². The maximum Gasteiger partial charge on any atom is 0.191 e. The Morgan fingerprint density at radius 3 is 2.67 bits per heavy atom. The fraction of sp³-hybridized carbons (Fsp3) is 0.412. The number of guanidine groups is 1. The van der Waals surface area contributed by atoms with Crippen LogP contribution in [0.5, 0.6) is 5.75 Å². The van der Waals surface area contributed by atoms with Crippen molar-refractivity contribution in [3.8, 4) is 5.75 Å². The SMILES string of the molecule is CCc1cnc(CCNC(=NC)NCCOc2ccc(Br)cc2)s1. The van der Waals surface area contributed by atoms with Gasteiger partial charge in [0.05, 0.1) is 11.6 Å². The molecule has 2 N–H and O–H groups in total. The summed E-state index contributed by atoms with van der Waals surface area (Å²) in [4.78, 5) is 9.96. The molecule has 2 rings (SSSR count). The zero-order chi connectivity index (χ0) is 17.2. The van der Waals surface area contributed by atoms with Crippen molar-refractivity contribution in [1.82, 2.24) is 15.6 Å². The average molecular weight is 411 g/mol. The predicted octanol–water partition coefficient (Wildman–Crippen LogP) is 3.25. The summed E-state index contributed by atoms with van der Waals surface area (Å²) in [6.45, 7) is 4.23. The number of nitrogens with zero attached hydrogens (tertiary/aromatic N) is 2. The van der Waals surface area contributed by atoms with Crippen LogP contribution in [0.15, 0.2) is 39.9 Å². The standard InChI is InChI=1S/C17H23BrN4OS/c1-3-15-12-22-16(24-15)8-9-20-17(19-2)21-10-11-23-14-6-4-13(18)5-7-14/h4-7,12H,3,8-11H2,1-2H3,(H2,19,20,21). The molecule has 0 unspecified atom stereocenters. The van der Waals surface area contributed by atoms with Crippen LogP contribution in [0.1, 0.15) is 16.8 Å². The van der Waals surface area contributed by atoms with E-state index in [-0.39, 0.29) is 0 Å². The van der Waals surface area contributed by atoms with Crippen molar-refractivity contribution in [2.75, 3.05) is 26.7 Å². The molecular formula is C17H23BrN4OS. The van der Waals surface area contributed by atoms with Crippen LogP contribution in [0.25, 0.3) is 0 Å². The van der Waals surface area contributed by atoms with Crippen molar-refractivity contribution in [3.63, 3.8) is 0 Å². The number of aliphatic imine (C=N–C) groups is 1. The predicted molar refractivity (Wildman–Crippen MR) is 104 cm³/mol. The smallest absolute Gasteiger partial charge is 0.191 e. The summed E-state index contributed by atoms with van der Waals surface area (Å²) in [7, 11) is 1.77. The van der Waals surface area contributed by atoms with E-state index in [9.17, 15) is 0 Å². The third-order valence-electron chi connectivity index (χ3n) is 3.28. The van der Waals surface area contributed by atoms with Crippen molar-refractivity contribution < 1.29 is 4.74 Å². The quantitative estimate of drug-likeness (QED) is 0.398. The van der Waals surface area contributed by atoms with E-state index in [1.54, 1.807) is 18.4 Å². The average Bonchev–Trinajstić information content (AvgIpc) is 3.06. The van der Waals surface area contributed by atoms with Crippen molar-refractivity contribution in [2.24, 2.45) is 4.99 Å². The van der Waals surface area contributed by atoms with Crippen LogP contribution in [0, 0.1) is 0 Å². The van der Waals surface area contributed by atoms with Crippen molar-refractivity contribution in [3.05, 3.63) is 44.8 Å². The number of aryl methyl sites for hydroxylation is 1. The van der Waals surface area contributed by atoms with Crippen LogP contribution in [0.3, 0.4) is 0 Å². The van der Waals surface area contributed by atoms with Gasteiger partial charge in [-0.15, -0.1) is 11.3 Å². The van der Waals surface area contributed by atoms with Crippen LogP contribution in [-0.2, 0) is 12.8 Å². The van der Waals surface area contributed by atoms with E-state index >= 15 is 0 Å². The van der Waals surface area contributed by atoms with Crippen molar-refractivity contribution in [2.45, 2.75) is 19.8 Å². The molecular weight excluding hydrogens is 388 g/mol. The minimum atomic E-state index is 0.578. The molecule has 5 nitrogen and oxygen atoms in total. The Kier molecular flexibility index (Phi) is 8.04. The summed E-state index contributed by atoms with van der Waals surface area (Å²) in [5.74, 6) is 1.64. The number of ether oxygens (including phenoxy) is 1. The highest BCUT2D eigenvalue weighted by Crippen LogP contribution is 2.15. The molecule has 0 aliphatic heterocycles. The van der Waals surface area contributed by atoms with Gasteiger partial charge in [-0.3, -0.25) is 4.99 Å². The largest absolute Gasteiger partial charge is 0.492 e. The van der Waals surface area contributed by atoms with Crippen molar-refractivity contribution >= 4 is 33.2 Å². The lowest BCUT2D eigenvalue weighted by Gasteiger charge is -2.12. The van der Waals surface area contributed by atoms with E-state index in [0.29, 0.717) is 13.2 Å². The summed E-state index contributed by atoms with van der Waals surface area (Å²) in [5.41, 5.74) is 0. The minimum absolute atomic E-state index is 0.578. The minimum Gasteiger partial charge on any atom is -0.492 e.